The highest BCUT2D eigenvalue weighted by Gasteiger charge is 2.06. The summed E-state index contributed by atoms with van der Waals surface area (Å²) >= 11 is 8.52. The molecule has 1 heterocycles. The first kappa shape index (κ1) is 13.9. The zero-order valence-electron chi connectivity index (χ0n) is 9.78. The topological polar surface area (TPSA) is 18.5 Å². The molecule has 0 radical (unpaired) electrons. The van der Waals surface area contributed by atoms with Crippen molar-refractivity contribution in [2.75, 3.05) is 7.11 Å². The number of rotatable bonds is 5. The number of alkyl halides is 1. The summed E-state index contributed by atoms with van der Waals surface area (Å²) in [5.74, 6) is 1.54. The molecular weight excluding hydrogens is 380 g/mol. The smallest absolute Gasteiger partial charge is 0.161 e. The van der Waals surface area contributed by atoms with E-state index in [4.69, 9.17) is 9.47 Å². The van der Waals surface area contributed by atoms with Crippen LogP contribution in [0.1, 0.15) is 10.4 Å². The predicted octanol–water partition coefficient (Wildman–Crippen LogP) is 4.99. The van der Waals surface area contributed by atoms with Crippen LogP contribution < -0.4 is 9.47 Å². The number of thiophene rings is 1. The van der Waals surface area contributed by atoms with Gasteiger partial charge in [-0.3, -0.25) is 0 Å². The van der Waals surface area contributed by atoms with Gasteiger partial charge in [-0.1, -0.05) is 22.0 Å². The molecule has 0 atom stereocenters. The van der Waals surface area contributed by atoms with E-state index < -0.39 is 0 Å². The van der Waals surface area contributed by atoms with Gasteiger partial charge in [0.15, 0.2) is 11.5 Å². The van der Waals surface area contributed by atoms with E-state index >= 15 is 0 Å². The Labute approximate surface area is 127 Å². The Morgan fingerprint density at radius 1 is 1.22 bits per heavy atom. The number of hydrogen-bond acceptors (Lipinski definition) is 3. The van der Waals surface area contributed by atoms with Gasteiger partial charge < -0.3 is 9.47 Å². The Hall–Kier alpha value is -0.520. The molecule has 1 aromatic heterocycles. The number of benzene rings is 1. The largest absolute Gasteiger partial charge is 0.493 e. The molecule has 0 saturated carbocycles. The van der Waals surface area contributed by atoms with Crippen LogP contribution in [0.15, 0.2) is 34.1 Å². The summed E-state index contributed by atoms with van der Waals surface area (Å²) in [4.78, 5) is 1.17. The second kappa shape index (κ2) is 6.59. The first-order valence-corrected chi connectivity index (χ1v) is 8.11. The SMILES string of the molecule is COc1cc(CBr)ccc1OCc1cc(Br)cs1. The molecule has 5 heteroatoms. The molecule has 0 aliphatic heterocycles. The highest BCUT2D eigenvalue weighted by Crippen LogP contribution is 2.30. The summed E-state index contributed by atoms with van der Waals surface area (Å²) in [7, 11) is 1.65. The summed E-state index contributed by atoms with van der Waals surface area (Å²) in [5, 5.41) is 2.85. The van der Waals surface area contributed by atoms with E-state index in [0.717, 1.165) is 26.9 Å². The molecule has 0 N–H and O–H groups in total. The summed E-state index contributed by atoms with van der Waals surface area (Å²) < 4.78 is 12.2. The van der Waals surface area contributed by atoms with Crippen LogP contribution in [-0.4, -0.2) is 7.11 Å². The van der Waals surface area contributed by atoms with E-state index in [1.807, 2.05) is 23.6 Å². The van der Waals surface area contributed by atoms with Crippen LogP contribution in [0.4, 0.5) is 0 Å². The van der Waals surface area contributed by atoms with Gasteiger partial charge in [-0.15, -0.1) is 11.3 Å². The van der Waals surface area contributed by atoms with Crippen molar-refractivity contribution in [3.8, 4) is 11.5 Å². The van der Waals surface area contributed by atoms with Crippen molar-refractivity contribution in [2.24, 2.45) is 0 Å². The molecular formula is C13H12Br2O2S. The molecule has 1 aromatic carbocycles. The fraction of sp³-hybridized carbons (Fsp3) is 0.231. The maximum atomic E-state index is 5.78. The highest BCUT2D eigenvalue weighted by molar-refractivity contribution is 9.10. The second-order valence-corrected chi connectivity index (χ2v) is 6.11. The van der Waals surface area contributed by atoms with Crippen LogP contribution >= 0.6 is 43.2 Å². The van der Waals surface area contributed by atoms with Crippen molar-refractivity contribution in [2.45, 2.75) is 11.9 Å². The molecule has 0 spiro atoms. The summed E-state index contributed by atoms with van der Waals surface area (Å²) in [5.41, 5.74) is 1.16. The number of ether oxygens (including phenoxy) is 2. The molecule has 96 valence electrons. The van der Waals surface area contributed by atoms with Gasteiger partial charge in [0.25, 0.3) is 0 Å². The van der Waals surface area contributed by atoms with Crippen LogP contribution in [0.3, 0.4) is 0 Å². The first-order valence-electron chi connectivity index (χ1n) is 5.31. The van der Waals surface area contributed by atoms with Crippen molar-refractivity contribution < 1.29 is 9.47 Å². The Balaban J connectivity index is 2.08. The number of hydrogen-bond donors (Lipinski definition) is 0. The van der Waals surface area contributed by atoms with Gasteiger partial charge in [0, 0.05) is 20.1 Å². The lowest BCUT2D eigenvalue weighted by molar-refractivity contribution is 0.287. The lowest BCUT2D eigenvalue weighted by Gasteiger charge is -2.10. The average Bonchev–Trinajstić information content (AvgIpc) is 2.82. The Morgan fingerprint density at radius 3 is 2.67 bits per heavy atom. The zero-order chi connectivity index (χ0) is 13.0. The van der Waals surface area contributed by atoms with E-state index in [0.29, 0.717) is 6.61 Å². The molecule has 2 aromatic rings. The Kier molecular flexibility index (Phi) is 5.09. The Bertz CT molecular complexity index is 525. The fourth-order valence-electron chi connectivity index (χ4n) is 1.49. The quantitative estimate of drug-likeness (QED) is 0.668. The molecule has 0 aliphatic rings. The maximum Gasteiger partial charge on any atom is 0.161 e. The lowest BCUT2D eigenvalue weighted by Crippen LogP contribution is -1.96. The molecule has 2 rings (SSSR count). The zero-order valence-corrected chi connectivity index (χ0v) is 13.8. The van der Waals surface area contributed by atoms with Crippen LogP contribution in [0.25, 0.3) is 0 Å². The van der Waals surface area contributed by atoms with E-state index in [9.17, 15) is 0 Å². The molecule has 0 fully saturated rings. The van der Waals surface area contributed by atoms with Gasteiger partial charge in [-0.25, -0.2) is 0 Å². The van der Waals surface area contributed by atoms with E-state index in [1.54, 1.807) is 18.4 Å². The van der Waals surface area contributed by atoms with Gasteiger partial charge in [-0.05, 0) is 39.7 Å². The first-order chi connectivity index (χ1) is 8.72. The van der Waals surface area contributed by atoms with Gasteiger partial charge in [-0.2, -0.15) is 0 Å². The van der Waals surface area contributed by atoms with Crippen LogP contribution in [-0.2, 0) is 11.9 Å². The predicted molar refractivity (Wildman–Crippen MR) is 82.0 cm³/mol. The van der Waals surface area contributed by atoms with Crippen molar-refractivity contribution in [3.63, 3.8) is 0 Å². The third-order valence-corrected chi connectivity index (χ3v) is 4.69. The van der Waals surface area contributed by atoms with Crippen molar-refractivity contribution in [3.05, 3.63) is 44.6 Å². The lowest BCUT2D eigenvalue weighted by atomic mass is 10.2. The summed E-state index contributed by atoms with van der Waals surface area (Å²) in [6.07, 6.45) is 0. The third kappa shape index (κ3) is 3.49. The van der Waals surface area contributed by atoms with Gasteiger partial charge in [0.1, 0.15) is 6.61 Å². The summed E-state index contributed by atoms with van der Waals surface area (Å²) in [6.45, 7) is 0.556. The normalized spacial score (nSPS) is 10.4. The van der Waals surface area contributed by atoms with Crippen LogP contribution in [0.2, 0.25) is 0 Å². The molecule has 0 amide bonds. The van der Waals surface area contributed by atoms with Crippen LogP contribution in [0.5, 0.6) is 11.5 Å². The molecule has 0 aliphatic carbocycles. The highest BCUT2D eigenvalue weighted by atomic mass is 79.9. The van der Waals surface area contributed by atoms with E-state index in [1.165, 1.54) is 4.88 Å². The molecule has 0 unspecified atom stereocenters. The average molecular weight is 392 g/mol. The van der Waals surface area contributed by atoms with Crippen molar-refractivity contribution in [1.29, 1.82) is 0 Å². The maximum absolute atomic E-state index is 5.78. The van der Waals surface area contributed by atoms with E-state index in [2.05, 4.69) is 37.9 Å². The Morgan fingerprint density at radius 2 is 2.06 bits per heavy atom. The summed E-state index contributed by atoms with van der Waals surface area (Å²) in [6, 6.07) is 8.01. The van der Waals surface area contributed by atoms with Crippen molar-refractivity contribution >= 4 is 43.2 Å². The minimum atomic E-state index is 0.556. The molecule has 18 heavy (non-hydrogen) atoms. The van der Waals surface area contributed by atoms with Gasteiger partial charge >= 0.3 is 0 Å². The molecule has 0 bridgehead atoms. The number of methoxy groups -OCH3 is 1. The molecule has 0 saturated heterocycles. The monoisotopic (exact) mass is 390 g/mol. The minimum Gasteiger partial charge on any atom is -0.493 e. The standard InChI is InChI=1S/C13H12Br2O2S/c1-16-13-4-9(6-14)2-3-12(13)17-7-11-5-10(15)8-18-11/h2-5,8H,6-7H2,1H3. The van der Waals surface area contributed by atoms with Crippen molar-refractivity contribution in [1.82, 2.24) is 0 Å². The fourth-order valence-corrected chi connectivity index (χ4v) is 3.20. The van der Waals surface area contributed by atoms with E-state index in [-0.39, 0.29) is 0 Å². The number of halogens is 2. The molecule has 2 nitrogen and oxygen atoms in total. The second-order valence-electron chi connectivity index (χ2n) is 3.64. The third-order valence-electron chi connectivity index (χ3n) is 2.37. The minimum absolute atomic E-state index is 0.556. The van der Waals surface area contributed by atoms with Gasteiger partial charge in [0.05, 0.1) is 7.11 Å². The van der Waals surface area contributed by atoms with Crippen LogP contribution in [0, 0.1) is 0 Å². The van der Waals surface area contributed by atoms with Gasteiger partial charge in [0.2, 0.25) is 0 Å².